The van der Waals surface area contributed by atoms with E-state index in [0.717, 1.165) is 66.6 Å². The van der Waals surface area contributed by atoms with Crippen molar-refractivity contribution in [2.45, 2.75) is 52.0 Å². The summed E-state index contributed by atoms with van der Waals surface area (Å²) in [6, 6.07) is 8.01. The van der Waals surface area contributed by atoms with Crippen molar-refractivity contribution in [3.8, 4) is 0 Å². The highest BCUT2D eigenvalue weighted by molar-refractivity contribution is 14.0. The Labute approximate surface area is 200 Å². The molecule has 1 saturated carbocycles. The van der Waals surface area contributed by atoms with Gasteiger partial charge >= 0.3 is 0 Å². The number of nitrogens with zero attached hydrogens (tertiary/aromatic N) is 2. The zero-order valence-corrected chi connectivity index (χ0v) is 20.9. The lowest BCUT2D eigenvalue weighted by molar-refractivity contribution is -0.120. The monoisotopic (exact) mass is 541 g/mol. The van der Waals surface area contributed by atoms with Crippen LogP contribution in [0.2, 0.25) is 0 Å². The molecule has 1 fully saturated rings. The number of hydrogen-bond acceptors (Lipinski definition) is 4. The number of nitrogens with one attached hydrogen (secondary N) is 3. The van der Waals surface area contributed by atoms with Crippen LogP contribution < -0.4 is 16.0 Å². The molecule has 164 valence electrons. The normalized spacial score (nSPS) is 14.7. The molecule has 0 atom stereocenters. The molecule has 1 heterocycles. The van der Waals surface area contributed by atoms with Gasteiger partial charge in [-0.25, -0.2) is 4.98 Å². The molecule has 0 aliphatic heterocycles. The summed E-state index contributed by atoms with van der Waals surface area (Å²) in [5.74, 6) is 1.08. The van der Waals surface area contributed by atoms with E-state index >= 15 is 0 Å². The van der Waals surface area contributed by atoms with Crippen molar-refractivity contribution in [3.63, 3.8) is 0 Å². The van der Waals surface area contributed by atoms with Crippen LogP contribution in [0.5, 0.6) is 0 Å². The second-order valence-electron chi connectivity index (χ2n) is 7.48. The van der Waals surface area contributed by atoms with Crippen LogP contribution in [0.25, 0.3) is 0 Å². The zero-order valence-electron chi connectivity index (χ0n) is 17.7. The van der Waals surface area contributed by atoms with Gasteiger partial charge in [0.15, 0.2) is 5.96 Å². The lowest BCUT2D eigenvalue weighted by Gasteiger charge is -2.21. The minimum Gasteiger partial charge on any atom is -0.356 e. The fourth-order valence-corrected chi connectivity index (χ4v) is 4.25. The van der Waals surface area contributed by atoms with Crippen LogP contribution >= 0.6 is 35.3 Å². The van der Waals surface area contributed by atoms with Gasteiger partial charge in [0.2, 0.25) is 5.91 Å². The van der Waals surface area contributed by atoms with Crippen molar-refractivity contribution in [1.29, 1.82) is 0 Å². The fourth-order valence-electron chi connectivity index (χ4n) is 3.61. The average molecular weight is 542 g/mol. The van der Waals surface area contributed by atoms with Gasteiger partial charge < -0.3 is 16.0 Å². The second kappa shape index (κ2) is 12.9. The summed E-state index contributed by atoms with van der Waals surface area (Å²) in [5.41, 5.74) is 3.07. The fraction of sp³-hybridized carbons (Fsp3) is 0.500. The van der Waals surface area contributed by atoms with Crippen molar-refractivity contribution in [2.75, 3.05) is 18.9 Å². The number of guanidine groups is 1. The third-order valence-corrected chi connectivity index (χ3v) is 6.02. The number of aryl methyl sites for hydroxylation is 1. The maximum absolute atomic E-state index is 12.5. The van der Waals surface area contributed by atoms with Gasteiger partial charge in [0.25, 0.3) is 0 Å². The Balaban J connectivity index is 0.00000320. The molecule has 0 bridgehead atoms. The van der Waals surface area contributed by atoms with E-state index in [1.807, 2.05) is 25.1 Å². The van der Waals surface area contributed by atoms with Gasteiger partial charge in [-0.2, -0.15) is 0 Å². The third-order valence-electron chi connectivity index (χ3n) is 5.19. The third kappa shape index (κ3) is 7.86. The predicted molar refractivity (Wildman–Crippen MR) is 136 cm³/mol. The van der Waals surface area contributed by atoms with E-state index in [4.69, 9.17) is 0 Å². The number of benzene rings is 1. The molecule has 2 aromatic rings. The minimum atomic E-state index is 0. The Hall–Kier alpha value is -1.68. The summed E-state index contributed by atoms with van der Waals surface area (Å²) in [6.07, 6.45) is 6.47. The number of aliphatic imine (C=N–C) groups is 1. The number of anilines is 1. The summed E-state index contributed by atoms with van der Waals surface area (Å²) in [6.45, 7) is 3.44. The molecule has 0 unspecified atom stereocenters. The van der Waals surface area contributed by atoms with Gasteiger partial charge in [0, 0.05) is 43.5 Å². The van der Waals surface area contributed by atoms with Gasteiger partial charge in [0.1, 0.15) is 0 Å². The highest BCUT2D eigenvalue weighted by atomic mass is 127. The van der Waals surface area contributed by atoms with Crippen LogP contribution in [-0.2, 0) is 17.8 Å². The molecule has 8 heteroatoms. The molecule has 1 aliphatic carbocycles. The lowest BCUT2D eigenvalue weighted by Crippen LogP contribution is -2.37. The predicted octanol–water partition coefficient (Wildman–Crippen LogP) is 4.50. The first kappa shape index (κ1) is 24.6. The largest absolute Gasteiger partial charge is 0.356 e. The van der Waals surface area contributed by atoms with Gasteiger partial charge in [-0.05, 0) is 37.5 Å². The number of halogens is 1. The maximum Gasteiger partial charge on any atom is 0.227 e. The standard InChI is InChI=1S/C22H31N5OS.HI/c1-16-26-20(15-29-16)11-12-24-22(23-2)25-14-17-7-6-10-19(13-17)27-21(28)18-8-4-3-5-9-18;/h6-7,10,13,15,18H,3-5,8-9,11-12,14H2,1-2H3,(H,27,28)(H2,23,24,25);1H. The molecule has 1 aromatic heterocycles. The maximum atomic E-state index is 12.5. The molecule has 1 aromatic carbocycles. The molecule has 0 saturated heterocycles. The van der Waals surface area contributed by atoms with E-state index in [0.29, 0.717) is 6.54 Å². The number of rotatable bonds is 7. The molecule has 3 N–H and O–H groups in total. The zero-order chi connectivity index (χ0) is 20.5. The molecular weight excluding hydrogens is 509 g/mol. The van der Waals surface area contributed by atoms with Crippen molar-refractivity contribution in [3.05, 3.63) is 45.9 Å². The van der Waals surface area contributed by atoms with Crippen LogP contribution in [0.1, 0.15) is 48.4 Å². The summed E-state index contributed by atoms with van der Waals surface area (Å²) in [7, 11) is 1.77. The van der Waals surface area contributed by atoms with Crippen LogP contribution in [0.4, 0.5) is 5.69 Å². The minimum absolute atomic E-state index is 0. The Morgan fingerprint density at radius 3 is 2.73 bits per heavy atom. The Morgan fingerprint density at radius 1 is 1.23 bits per heavy atom. The number of aromatic nitrogens is 1. The van der Waals surface area contributed by atoms with E-state index in [2.05, 4.69) is 37.4 Å². The molecule has 0 radical (unpaired) electrons. The van der Waals surface area contributed by atoms with Crippen molar-refractivity contribution in [2.24, 2.45) is 10.9 Å². The smallest absolute Gasteiger partial charge is 0.227 e. The molecule has 1 amide bonds. The van der Waals surface area contributed by atoms with Crippen molar-refractivity contribution < 1.29 is 4.79 Å². The van der Waals surface area contributed by atoms with Crippen LogP contribution in [0, 0.1) is 12.8 Å². The molecule has 6 nitrogen and oxygen atoms in total. The number of hydrogen-bond donors (Lipinski definition) is 3. The molecule has 1 aliphatic rings. The Morgan fingerprint density at radius 2 is 2.03 bits per heavy atom. The first-order valence-corrected chi connectivity index (χ1v) is 11.3. The van der Waals surface area contributed by atoms with E-state index in [1.54, 1.807) is 18.4 Å². The van der Waals surface area contributed by atoms with Crippen LogP contribution in [0.15, 0.2) is 34.6 Å². The number of carbonyl (C=O) groups is 1. The molecule has 30 heavy (non-hydrogen) atoms. The summed E-state index contributed by atoms with van der Waals surface area (Å²) < 4.78 is 0. The second-order valence-corrected chi connectivity index (χ2v) is 8.55. The quantitative estimate of drug-likeness (QED) is 0.274. The van der Waals surface area contributed by atoms with Crippen molar-refractivity contribution >= 4 is 52.9 Å². The number of amides is 1. The van der Waals surface area contributed by atoms with E-state index < -0.39 is 0 Å². The first-order valence-electron chi connectivity index (χ1n) is 10.4. The van der Waals surface area contributed by atoms with Crippen LogP contribution in [0.3, 0.4) is 0 Å². The summed E-state index contributed by atoms with van der Waals surface area (Å²) in [4.78, 5) is 21.2. The SMILES string of the molecule is CN=C(NCCc1csc(C)n1)NCc1cccc(NC(=O)C2CCCCC2)c1.I. The van der Waals surface area contributed by atoms with E-state index in [1.165, 1.54) is 6.42 Å². The van der Waals surface area contributed by atoms with Crippen molar-refractivity contribution in [1.82, 2.24) is 15.6 Å². The highest BCUT2D eigenvalue weighted by Gasteiger charge is 2.21. The number of carbonyl (C=O) groups excluding carboxylic acids is 1. The Bertz CT molecular complexity index is 832. The topological polar surface area (TPSA) is 78.4 Å². The van der Waals surface area contributed by atoms with Gasteiger partial charge in [-0.3, -0.25) is 9.79 Å². The lowest BCUT2D eigenvalue weighted by atomic mass is 9.88. The number of thiazole rings is 1. The van der Waals surface area contributed by atoms with Gasteiger partial charge in [-0.15, -0.1) is 35.3 Å². The molecule has 3 rings (SSSR count). The summed E-state index contributed by atoms with van der Waals surface area (Å²) in [5, 5.41) is 12.9. The van der Waals surface area contributed by atoms with Gasteiger partial charge in [0.05, 0.1) is 10.7 Å². The van der Waals surface area contributed by atoms with E-state index in [-0.39, 0.29) is 35.8 Å². The highest BCUT2D eigenvalue weighted by Crippen LogP contribution is 2.25. The molecular formula is C22H32IN5OS. The van der Waals surface area contributed by atoms with Crippen LogP contribution in [-0.4, -0.2) is 30.4 Å². The summed E-state index contributed by atoms with van der Waals surface area (Å²) >= 11 is 1.68. The Kier molecular flexibility index (Phi) is 10.6. The van der Waals surface area contributed by atoms with Gasteiger partial charge in [-0.1, -0.05) is 31.4 Å². The van der Waals surface area contributed by atoms with E-state index in [9.17, 15) is 4.79 Å². The first-order chi connectivity index (χ1) is 14.1. The average Bonchev–Trinajstić information content (AvgIpc) is 3.16. The molecule has 0 spiro atoms.